The summed E-state index contributed by atoms with van der Waals surface area (Å²) < 4.78 is 18.3. The summed E-state index contributed by atoms with van der Waals surface area (Å²) in [7, 11) is 1.42. The predicted octanol–water partition coefficient (Wildman–Crippen LogP) is 0.945. The monoisotopic (exact) mass is 227 g/mol. The molecule has 0 saturated carbocycles. The molecule has 88 valence electrons. The zero-order valence-corrected chi connectivity index (χ0v) is 9.16. The van der Waals surface area contributed by atoms with E-state index in [0.717, 1.165) is 6.07 Å². The molecule has 16 heavy (non-hydrogen) atoms. The standard InChI is InChI=1S/C11H14FNO3/c1-7(6-14)13-11(15)9-4-3-8(16-2)5-10(9)12/h3-5,7,14H,6H2,1-2H3,(H,13,15)/t7-/m0/s1. The van der Waals surface area contributed by atoms with Crippen molar-refractivity contribution in [2.24, 2.45) is 0 Å². The van der Waals surface area contributed by atoms with Crippen molar-refractivity contribution in [3.63, 3.8) is 0 Å². The van der Waals surface area contributed by atoms with Crippen LogP contribution in [-0.2, 0) is 0 Å². The summed E-state index contributed by atoms with van der Waals surface area (Å²) in [5, 5.41) is 11.2. The number of amides is 1. The van der Waals surface area contributed by atoms with E-state index in [9.17, 15) is 9.18 Å². The molecule has 0 aliphatic rings. The summed E-state index contributed by atoms with van der Waals surface area (Å²) in [6.45, 7) is 1.43. The molecule has 0 heterocycles. The van der Waals surface area contributed by atoms with Crippen molar-refractivity contribution >= 4 is 5.91 Å². The van der Waals surface area contributed by atoms with E-state index in [4.69, 9.17) is 9.84 Å². The number of halogens is 1. The molecule has 1 rings (SSSR count). The Balaban J connectivity index is 2.84. The molecule has 0 aliphatic heterocycles. The van der Waals surface area contributed by atoms with Gasteiger partial charge in [-0.25, -0.2) is 4.39 Å². The summed E-state index contributed by atoms with van der Waals surface area (Å²) in [6, 6.07) is 3.57. The Labute approximate surface area is 93.0 Å². The van der Waals surface area contributed by atoms with Gasteiger partial charge < -0.3 is 15.2 Å². The number of hydrogen-bond donors (Lipinski definition) is 2. The zero-order valence-electron chi connectivity index (χ0n) is 9.16. The number of aliphatic hydroxyl groups excluding tert-OH is 1. The van der Waals surface area contributed by atoms with Gasteiger partial charge in [0.1, 0.15) is 11.6 Å². The van der Waals surface area contributed by atoms with Gasteiger partial charge in [-0.1, -0.05) is 0 Å². The highest BCUT2D eigenvalue weighted by Crippen LogP contribution is 2.16. The fraction of sp³-hybridized carbons (Fsp3) is 0.364. The van der Waals surface area contributed by atoms with E-state index in [1.807, 2.05) is 0 Å². The average Bonchev–Trinajstić information content (AvgIpc) is 2.28. The van der Waals surface area contributed by atoms with Crippen LogP contribution in [0.3, 0.4) is 0 Å². The molecule has 0 spiro atoms. The van der Waals surface area contributed by atoms with Crippen molar-refractivity contribution in [3.05, 3.63) is 29.6 Å². The van der Waals surface area contributed by atoms with Gasteiger partial charge in [0.25, 0.3) is 5.91 Å². The largest absolute Gasteiger partial charge is 0.497 e. The third-order valence-electron chi connectivity index (χ3n) is 2.07. The summed E-state index contributed by atoms with van der Waals surface area (Å²) in [5.41, 5.74) is -0.0684. The lowest BCUT2D eigenvalue weighted by atomic mass is 10.2. The van der Waals surface area contributed by atoms with Gasteiger partial charge in [0, 0.05) is 12.1 Å². The molecule has 0 unspecified atom stereocenters. The highest BCUT2D eigenvalue weighted by molar-refractivity contribution is 5.94. The number of rotatable bonds is 4. The van der Waals surface area contributed by atoms with Crippen LogP contribution >= 0.6 is 0 Å². The third kappa shape index (κ3) is 2.93. The lowest BCUT2D eigenvalue weighted by Crippen LogP contribution is -2.35. The summed E-state index contributed by atoms with van der Waals surface area (Å²) in [5.74, 6) is -0.854. The molecule has 0 aromatic heterocycles. The van der Waals surface area contributed by atoms with Crippen molar-refractivity contribution in [3.8, 4) is 5.75 Å². The molecule has 0 bridgehead atoms. The lowest BCUT2D eigenvalue weighted by Gasteiger charge is -2.11. The molecule has 1 amide bonds. The number of benzene rings is 1. The van der Waals surface area contributed by atoms with Crippen LogP contribution in [0.25, 0.3) is 0 Å². The number of methoxy groups -OCH3 is 1. The van der Waals surface area contributed by atoms with Gasteiger partial charge in [0.05, 0.1) is 19.3 Å². The topological polar surface area (TPSA) is 58.6 Å². The quantitative estimate of drug-likeness (QED) is 0.805. The first-order chi connectivity index (χ1) is 7.58. The van der Waals surface area contributed by atoms with E-state index in [1.54, 1.807) is 6.92 Å². The smallest absolute Gasteiger partial charge is 0.254 e. The van der Waals surface area contributed by atoms with Crippen LogP contribution in [0.15, 0.2) is 18.2 Å². The maximum Gasteiger partial charge on any atom is 0.254 e. The van der Waals surface area contributed by atoms with E-state index < -0.39 is 17.8 Å². The lowest BCUT2D eigenvalue weighted by molar-refractivity contribution is 0.0918. The van der Waals surface area contributed by atoms with Crippen LogP contribution in [-0.4, -0.2) is 30.8 Å². The first kappa shape index (κ1) is 12.4. The van der Waals surface area contributed by atoms with Crippen molar-refractivity contribution < 1.29 is 19.0 Å². The molecular weight excluding hydrogens is 213 g/mol. The molecule has 0 saturated heterocycles. The van der Waals surface area contributed by atoms with Gasteiger partial charge in [0.15, 0.2) is 0 Å². The molecule has 2 N–H and O–H groups in total. The number of hydrogen-bond acceptors (Lipinski definition) is 3. The number of nitrogens with one attached hydrogen (secondary N) is 1. The Morgan fingerprint density at radius 3 is 2.81 bits per heavy atom. The highest BCUT2D eigenvalue weighted by Gasteiger charge is 2.14. The number of aliphatic hydroxyl groups is 1. The number of carbonyl (C=O) groups excluding carboxylic acids is 1. The molecule has 4 nitrogen and oxygen atoms in total. The molecule has 1 aromatic rings. The van der Waals surface area contributed by atoms with Crippen molar-refractivity contribution in [2.45, 2.75) is 13.0 Å². The molecule has 5 heteroatoms. The first-order valence-corrected chi connectivity index (χ1v) is 4.83. The van der Waals surface area contributed by atoms with Gasteiger partial charge in [0.2, 0.25) is 0 Å². The fourth-order valence-electron chi connectivity index (χ4n) is 1.15. The van der Waals surface area contributed by atoms with Gasteiger partial charge in [-0.2, -0.15) is 0 Å². The first-order valence-electron chi connectivity index (χ1n) is 4.83. The van der Waals surface area contributed by atoms with Crippen LogP contribution in [0.1, 0.15) is 17.3 Å². The van der Waals surface area contributed by atoms with Crippen LogP contribution in [0.2, 0.25) is 0 Å². The molecule has 0 fully saturated rings. The molecular formula is C11H14FNO3. The van der Waals surface area contributed by atoms with Crippen LogP contribution in [0.4, 0.5) is 4.39 Å². The normalized spacial score (nSPS) is 12.0. The second kappa shape index (κ2) is 5.46. The minimum Gasteiger partial charge on any atom is -0.497 e. The second-order valence-electron chi connectivity index (χ2n) is 3.40. The SMILES string of the molecule is COc1ccc(C(=O)N[C@@H](C)CO)c(F)c1. The Kier molecular flexibility index (Phi) is 4.25. The second-order valence-corrected chi connectivity index (χ2v) is 3.40. The van der Waals surface area contributed by atoms with Crippen molar-refractivity contribution in [1.29, 1.82) is 0 Å². The predicted molar refractivity (Wildman–Crippen MR) is 57.0 cm³/mol. The minimum atomic E-state index is -0.651. The molecule has 1 atom stereocenters. The summed E-state index contributed by atoms with van der Waals surface area (Å²) in [6.07, 6.45) is 0. The maximum atomic E-state index is 13.4. The summed E-state index contributed by atoms with van der Waals surface area (Å²) in [4.78, 5) is 11.5. The van der Waals surface area contributed by atoms with E-state index >= 15 is 0 Å². The van der Waals surface area contributed by atoms with Crippen LogP contribution < -0.4 is 10.1 Å². The zero-order chi connectivity index (χ0) is 12.1. The maximum absolute atomic E-state index is 13.4. The highest BCUT2D eigenvalue weighted by atomic mass is 19.1. The molecule has 1 aromatic carbocycles. The molecule has 0 aliphatic carbocycles. The minimum absolute atomic E-state index is 0.0684. The van der Waals surface area contributed by atoms with E-state index in [-0.39, 0.29) is 12.2 Å². The Bertz CT molecular complexity index is 381. The van der Waals surface area contributed by atoms with Gasteiger partial charge in [-0.05, 0) is 19.1 Å². The molecule has 0 radical (unpaired) electrons. The number of ether oxygens (including phenoxy) is 1. The van der Waals surface area contributed by atoms with Crippen LogP contribution in [0, 0.1) is 5.82 Å². The Hall–Kier alpha value is -1.62. The van der Waals surface area contributed by atoms with Crippen LogP contribution in [0.5, 0.6) is 5.75 Å². The van der Waals surface area contributed by atoms with Gasteiger partial charge in [-0.15, -0.1) is 0 Å². The Morgan fingerprint density at radius 1 is 1.62 bits per heavy atom. The van der Waals surface area contributed by atoms with E-state index in [0.29, 0.717) is 5.75 Å². The average molecular weight is 227 g/mol. The van der Waals surface area contributed by atoms with Crippen molar-refractivity contribution in [1.82, 2.24) is 5.32 Å². The number of carbonyl (C=O) groups is 1. The van der Waals surface area contributed by atoms with Gasteiger partial charge in [-0.3, -0.25) is 4.79 Å². The third-order valence-corrected chi connectivity index (χ3v) is 2.07. The fourth-order valence-corrected chi connectivity index (χ4v) is 1.15. The Morgan fingerprint density at radius 2 is 2.31 bits per heavy atom. The summed E-state index contributed by atoms with van der Waals surface area (Å²) >= 11 is 0. The van der Waals surface area contributed by atoms with E-state index in [1.165, 1.54) is 19.2 Å². The van der Waals surface area contributed by atoms with Crippen molar-refractivity contribution in [2.75, 3.05) is 13.7 Å². The van der Waals surface area contributed by atoms with E-state index in [2.05, 4.69) is 5.32 Å². The van der Waals surface area contributed by atoms with Gasteiger partial charge >= 0.3 is 0 Å².